The largest absolute Gasteiger partial charge is 0.508 e. The number of aromatic hydroxyl groups is 1. The van der Waals surface area contributed by atoms with Crippen LogP contribution in [0.3, 0.4) is 0 Å². The first kappa shape index (κ1) is 25.1. The van der Waals surface area contributed by atoms with Gasteiger partial charge in [0.15, 0.2) is 0 Å². The second-order valence-electron chi connectivity index (χ2n) is 10.3. The molecule has 1 atom stereocenters. The van der Waals surface area contributed by atoms with Crippen molar-refractivity contribution in [3.05, 3.63) is 47.7 Å². The molecule has 3 aromatic rings. The predicted octanol–water partition coefficient (Wildman–Crippen LogP) is 2.90. The van der Waals surface area contributed by atoms with E-state index in [1.165, 1.54) is 0 Å². The van der Waals surface area contributed by atoms with Crippen molar-refractivity contribution in [2.75, 3.05) is 63.2 Å². The lowest BCUT2D eigenvalue weighted by Crippen LogP contribution is -2.49. The summed E-state index contributed by atoms with van der Waals surface area (Å²) in [7, 11) is 4.04. The lowest BCUT2D eigenvalue weighted by Gasteiger charge is -2.38. The van der Waals surface area contributed by atoms with E-state index in [0.29, 0.717) is 25.6 Å². The van der Waals surface area contributed by atoms with Crippen molar-refractivity contribution in [1.82, 2.24) is 19.8 Å². The van der Waals surface area contributed by atoms with Crippen LogP contribution in [0.25, 0.3) is 10.8 Å². The van der Waals surface area contributed by atoms with E-state index in [2.05, 4.69) is 20.8 Å². The Labute approximate surface area is 218 Å². The third-order valence-electron chi connectivity index (χ3n) is 7.14. The Kier molecular flexibility index (Phi) is 7.06. The molecule has 1 amide bonds. The maximum atomic E-state index is 11.9. The van der Waals surface area contributed by atoms with Gasteiger partial charge in [-0.3, -0.25) is 4.79 Å². The minimum absolute atomic E-state index is 0.0647. The highest BCUT2D eigenvalue weighted by atomic mass is 16.5. The lowest BCUT2D eigenvalue weighted by atomic mass is 10.0. The van der Waals surface area contributed by atoms with Crippen LogP contribution in [0.2, 0.25) is 0 Å². The van der Waals surface area contributed by atoms with Crippen LogP contribution in [-0.4, -0.2) is 90.2 Å². The first-order valence-corrected chi connectivity index (χ1v) is 13.0. The molecule has 2 aliphatic rings. The van der Waals surface area contributed by atoms with E-state index < -0.39 is 0 Å². The SMILES string of the molecule is CC(=O)N1CCN(c2nc(O[C@H](C)CN(C)C)nc3c2CCN(c2cc(O)cc4ccccc24)C3)CC1. The average Bonchev–Trinajstić information content (AvgIpc) is 2.87. The van der Waals surface area contributed by atoms with Crippen LogP contribution in [0, 0.1) is 0 Å². The minimum Gasteiger partial charge on any atom is -0.508 e. The van der Waals surface area contributed by atoms with E-state index in [1.807, 2.05) is 50.2 Å². The van der Waals surface area contributed by atoms with E-state index in [4.69, 9.17) is 14.7 Å². The third-order valence-corrected chi connectivity index (χ3v) is 7.14. The summed E-state index contributed by atoms with van der Waals surface area (Å²) >= 11 is 0. The average molecular weight is 505 g/mol. The van der Waals surface area contributed by atoms with Gasteiger partial charge in [0.1, 0.15) is 17.7 Å². The number of phenols is 1. The molecule has 0 saturated carbocycles. The number of aromatic nitrogens is 2. The Bertz CT molecular complexity index is 1290. The van der Waals surface area contributed by atoms with E-state index in [-0.39, 0.29) is 17.8 Å². The normalized spacial score (nSPS) is 16.7. The Morgan fingerprint density at radius 1 is 1.08 bits per heavy atom. The van der Waals surface area contributed by atoms with Crippen LogP contribution in [0.4, 0.5) is 11.5 Å². The van der Waals surface area contributed by atoms with Gasteiger partial charge >= 0.3 is 6.01 Å². The van der Waals surface area contributed by atoms with E-state index >= 15 is 0 Å². The number of hydrogen-bond acceptors (Lipinski definition) is 8. The zero-order valence-electron chi connectivity index (χ0n) is 22.1. The highest BCUT2D eigenvalue weighted by molar-refractivity contribution is 5.95. The van der Waals surface area contributed by atoms with E-state index in [9.17, 15) is 9.90 Å². The lowest BCUT2D eigenvalue weighted by molar-refractivity contribution is -0.129. The first-order valence-electron chi connectivity index (χ1n) is 13.0. The Morgan fingerprint density at radius 2 is 1.84 bits per heavy atom. The fraction of sp³-hybridized carbons (Fsp3) is 0.464. The number of carbonyl (C=O) groups is 1. The summed E-state index contributed by atoms with van der Waals surface area (Å²) in [6, 6.07) is 12.2. The van der Waals surface area contributed by atoms with Crippen molar-refractivity contribution >= 4 is 28.2 Å². The molecule has 5 rings (SSSR count). The number of rotatable bonds is 6. The van der Waals surface area contributed by atoms with Crippen molar-refractivity contribution < 1.29 is 14.6 Å². The van der Waals surface area contributed by atoms with Gasteiger partial charge in [-0.25, -0.2) is 0 Å². The monoisotopic (exact) mass is 504 g/mol. The first-order chi connectivity index (χ1) is 17.8. The second-order valence-corrected chi connectivity index (χ2v) is 10.3. The number of ether oxygens (including phenoxy) is 1. The molecule has 9 heteroatoms. The summed E-state index contributed by atoms with van der Waals surface area (Å²) in [5.74, 6) is 1.29. The summed E-state index contributed by atoms with van der Waals surface area (Å²) in [4.78, 5) is 30.2. The summed E-state index contributed by atoms with van der Waals surface area (Å²) in [5, 5.41) is 12.5. The Balaban J connectivity index is 1.49. The molecule has 0 unspecified atom stereocenters. The molecule has 3 heterocycles. The van der Waals surface area contributed by atoms with Crippen LogP contribution >= 0.6 is 0 Å². The molecule has 1 saturated heterocycles. The van der Waals surface area contributed by atoms with Gasteiger partial charge in [0.25, 0.3) is 0 Å². The molecule has 1 aromatic heterocycles. The molecular formula is C28H36N6O3. The minimum atomic E-state index is -0.0647. The van der Waals surface area contributed by atoms with Gasteiger partial charge in [0.2, 0.25) is 5.91 Å². The van der Waals surface area contributed by atoms with Crippen molar-refractivity contribution in [3.63, 3.8) is 0 Å². The molecule has 2 aromatic carbocycles. The molecular weight excluding hydrogens is 468 g/mol. The van der Waals surface area contributed by atoms with Crippen molar-refractivity contribution in [1.29, 1.82) is 0 Å². The fourth-order valence-corrected chi connectivity index (χ4v) is 5.41. The summed E-state index contributed by atoms with van der Waals surface area (Å²) in [6.45, 7) is 8.64. The van der Waals surface area contributed by atoms with Crippen LogP contribution in [0.15, 0.2) is 36.4 Å². The van der Waals surface area contributed by atoms with E-state index in [0.717, 1.165) is 66.1 Å². The molecule has 9 nitrogen and oxygen atoms in total. The Morgan fingerprint density at radius 3 is 2.57 bits per heavy atom. The molecule has 0 aliphatic carbocycles. The van der Waals surface area contributed by atoms with Crippen molar-refractivity contribution in [2.24, 2.45) is 0 Å². The smallest absolute Gasteiger partial charge is 0.318 e. The zero-order chi connectivity index (χ0) is 26.1. The molecule has 196 valence electrons. The van der Waals surface area contributed by atoms with Crippen molar-refractivity contribution in [3.8, 4) is 11.8 Å². The quantitative estimate of drug-likeness (QED) is 0.549. The number of amides is 1. The number of likely N-dealkylation sites (N-methyl/N-ethyl adjacent to an activating group) is 1. The van der Waals surface area contributed by atoms with Gasteiger partial charge < -0.3 is 29.4 Å². The number of fused-ring (bicyclic) bond motifs is 2. The summed E-state index contributed by atoms with van der Waals surface area (Å²) < 4.78 is 6.20. The van der Waals surface area contributed by atoms with Gasteiger partial charge in [-0.05, 0) is 38.9 Å². The van der Waals surface area contributed by atoms with Gasteiger partial charge in [0, 0.05) is 68.9 Å². The van der Waals surface area contributed by atoms with Crippen LogP contribution in [-0.2, 0) is 17.8 Å². The molecule has 1 fully saturated rings. The van der Waals surface area contributed by atoms with Gasteiger partial charge in [0.05, 0.1) is 12.2 Å². The van der Waals surface area contributed by atoms with Gasteiger partial charge in [-0.15, -0.1) is 0 Å². The molecule has 0 radical (unpaired) electrons. The van der Waals surface area contributed by atoms with Gasteiger partial charge in [-0.1, -0.05) is 24.3 Å². The standard InChI is InChI=1S/C28H36N6O3/c1-19(17-31(3)4)37-28-29-25-18-34(26-16-22(36)15-21-7-5-6-8-23(21)26)10-9-24(25)27(30-28)33-13-11-32(12-14-33)20(2)35/h5-8,15-16,19,36H,9-14,17-18H2,1-4H3/t19-/m1/s1. The highest BCUT2D eigenvalue weighted by Crippen LogP contribution is 2.36. The van der Waals surface area contributed by atoms with E-state index in [1.54, 1.807) is 13.0 Å². The van der Waals surface area contributed by atoms with Crippen LogP contribution < -0.4 is 14.5 Å². The third kappa shape index (κ3) is 5.41. The Hall–Kier alpha value is -3.59. The number of piperazine rings is 1. The number of hydrogen-bond donors (Lipinski definition) is 1. The molecule has 0 bridgehead atoms. The number of phenolic OH excluding ortho intramolecular Hbond substituents is 1. The maximum absolute atomic E-state index is 11.9. The fourth-order valence-electron chi connectivity index (χ4n) is 5.41. The van der Waals surface area contributed by atoms with Crippen molar-refractivity contribution in [2.45, 2.75) is 32.9 Å². The highest BCUT2D eigenvalue weighted by Gasteiger charge is 2.29. The maximum Gasteiger partial charge on any atom is 0.318 e. The topological polar surface area (TPSA) is 85.3 Å². The number of nitrogens with zero attached hydrogens (tertiary/aromatic N) is 6. The summed E-state index contributed by atoms with van der Waals surface area (Å²) in [5.41, 5.74) is 3.09. The molecule has 0 spiro atoms. The van der Waals surface area contributed by atoms with Crippen LogP contribution in [0.1, 0.15) is 25.1 Å². The predicted molar refractivity (Wildman–Crippen MR) is 146 cm³/mol. The number of anilines is 2. The molecule has 2 aliphatic heterocycles. The zero-order valence-corrected chi connectivity index (χ0v) is 22.1. The molecule has 37 heavy (non-hydrogen) atoms. The van der Waals surface area contributed by atoms with Gasteiger partial charge in [-0.2, -0.15) is 9.97 Å². The van der Waals surface area contributed by atoms with Crippen LogP contribution in [0.5, 0.6) is 11.8 Å². The summed E-state index contributed by atoms with van der Waals surface area (Å²) in [6.07, 6.45) is 0.722. The number of carbonyl (C=O) groups excluding carboxylic acids is 1. The second kappa shape index (κ2) is 10.4. The number of benzene rings is 2. The molecule has 1 N–H and O–H groups in total.